The lowest BCUT2D eigenvalue weighted by molar-refractivity contribution is -0.132. The summed E-state index contributed by atoms with van der Waals surface area (Å²) in [6.45, 7) is 3.51. The molecule has 6 heteroatoms. The van der Waals surface area contributed by atoms with Crippen molar-refractivity contribution in [3.63, 3.8) is 0 Å². The number of hydrogen-bond donors (Lipinski definition) is 2. The lowest BCUT2D eigenvalue weighted by atomic mass is 9.94. The Morgan fingerprint density at radius 2 is 2.08 bits per heavy atom. The van der Waals surface area contributed by atoms with Crippen LogP contribution in [-0.4, -0.2) is 40.0 Å². The zero-order valence-corrected chi connectivity index (χ0v) is 14.5. The smallest absolute Gasteiger partial charge is 0.269 e. The summed E-state index contributed by atoms with van der Waals surface area (Å²) in [6, 6.07) is 10.0. The molecule has 132 valence electrons. The van der Waals surface area contributed by atoms with Crippen LogP contribution in [0.4, 0.5) is 0 Å². The minimum atomic E-state index is -0.538. The number of H-pyrrole nitrogens is 1. The van der Waals surface area contributed by atoms with Gasteiger partial charge in [-0.3, -0.25) is 14.7 Å². The summed E-state index contributed by atoms with van der Waals surface area (Å²) in [5.41, 5.74) is 8.79. The van der Waals surface area contributed by atoms with E-state index in [9.17, 15) is 9.59 Å². The summed E-state index contributed by atoms with van der Waals surface area (Å²) in [5.74, 6) is -0.179. The van der Waals surface area contributed by atoms with Crippen molar-refractivity contribution in [3.05, 3.63) is 52.8 Å². The third kappa shape index (κ3) is 4.26. The molecular weight excluding hydrogens is 316 g/mol. The first-order valence-corrected chi connectivity index (χ1v) is 8.71. The summed E-state index contributed by atoms with van der Waals surface area (Å²) < 4.78 is 0. The van der Waals surface area contributed by atoms with E-state index in [1.54, 1.807) is 6.07 Å². The van der Waals surface area contributed by atoms with Gasteiger partial charge < -0.3 is 10.6 Å². The van der Waals surface area contributed by atoms with Crippen molar-refractivity contribution in [3.8, 4) is 0 Å². The number of benzene rings is 1. The molecule has 1 aromatic carbocycles. The second-order valence-electron chi connectivity index (χ2n) is 6.74. The average molecular weight is 340 g/mol. The van der Waals surface area contributed by atoms with Crippen molar-refractivity contribution in [1.82, 2.24) is 15.1 Å². The van der Waals surface area contributed by atoms with Gasteiger partial charge in [0.05, 0.1) is 0 Å². The second-order valence-corrected chi connectivity index (χ2v) is 6.74. The highest BCUT2D eigenvalue weighted by molar-refractivity contribution is 5.90. The summed E-state index contributed by atoms with van der Waals surface area (Å²) in [5, 5.41) is 6.83. The number of nitrogens with one attached hydrogen (secondary N) is 1. The zero-order valence-electron chi connectivity index (χ0n) is 14.5. The van der Waals surface area contributed by atoms with E-state index in [-0.39, 0.29) is 17.5 Å². The fourth-order valence-corrected chi connectivity index (χ4v) is 3.29. The third-order valence-corrected chi connectivity index (χ3v) is 4.81. The Morgan fingerprint density at radius 3 is 2.76 bits per heavy atom. The minimum absolute atomic E-state index is 0.178. The molecule has 0 saturated carbocycles. The van der Waals surface area contributed by atoms with E-state index in [2.05, 4.69) is 41.4 Å². The molecule has 0 aliphatic carbocycles. The molecule has 0 unspecified atom stereocenters. The Labute approximate surface area is 147 Å². The first kappa shape index (κ1) is 17.2. The molecule has 1 aliphatic heterocycles. The van der Waals surface area contributed by atoms with Crippen molar-refractivity contribution in [1.29, 1.82) is 0 Å². The number of nitrogens with zero attached hydrogens (tertiary/aromatic N) is 2. The van der Waals surface area contributed by atoms with Crippen LogP contribution >= 0.6 is 0 Å². The average Bonchev–Trinajstić information content (AvgIpc) is 3.11. The molecule has 2 heterocycles. The fraction of sp³-hybridized carbons (Fsp3) is 0.421. The maximum atomic E-state index is 12.6. The Bertz CT molecular complexity index is 751. The molecule has 6 nitrogen and oxygen atoms in total. The number of piperidine rings is 1. The van der Waals surface area contributed by atoms with Gasteiger partial charge in [0, 0.05) is 31.1 Å². The van der Waals surface area contributed by atoms with E-state index in [1.807, 2.05) is 4.90 Å². The van der Waals surface area contributed by atoms with E-state index in [4.69, 9.17) is 5.73 Å². The van der Waals surface area contributed by atoms with Crippen molar-refractivity contribution >= 4 is 11.8 Å². The Morgan fingerprint density at radius 1 is 1.32 bits per heavy atom. The standard InChI is InChI=1S/C19H24N4O2/c1-13-4-6-14(7-5-13)8-9-18(24)23-10-2-3-15(12-23)16-11-17(19(20)25)22-21-16/h4-7,11,15H,2-3,8-10,12H2,1H3,(H2,20,25)(H,21,22)/t15-/m1/s1. The Kier molecular flexibility index (Phi) is 5.16. The number of aryl methyl sites for hydroxylation is 2. The third-order valence-electron chi connectivity index (χ3n) is 4.81. The number of aromatic amines is 1. The number of aromatic nitrogens is 2. The van der Waals surface area contributed by atoms with E-state index >= 15 is 0 Å². The van der Waals surface area contributed by atoms with E-state index < -0.39 is 5.91 Å². The monoisotopic (exact) mass is 340 g/mol. The quantitative estimate of drug-likeness (QED) is 0.873. The molecule has 2 amide bonds. The molecule has 1 saturated heterocycles. The van der Waals surface area contributed by atoms with Gasteiger partial charge in [-0.05, 0) is 37.8 Å². The number of rotatable bonds is 5. The minimum Gasteiger partial charge on any atom is -0.364 e. The van der Waals surface area contributed by atoms with Crippen LogP contribution < -0.4 is 5.73 Å². The number of primary amides is 1. The number of amides is 2. The molecule has 1 atom stereocenters. The van der Waals surface area contributed by atoms with Crippen LogP contribution in [0.2, 0.25) is 0 Å². The van der Waals surface area contributed by atoms with Crippen LogP contribution in [0.3, 0.4) is 0 Å². The summed E-state index contributed by atoms with van der Waals surface area (Å²) in [4.78, 5) is 25.7. The Hall–Kier alpha value is -2.63. The fourth-order valence-electron chi connectivity index (χ4n) is 3.29. The van der Waals surface area contributed by atoms with Crippen LogP contribution in [0.25, 0.3) is 0 Å². The molecule has 3 N–H and O–H groups in total. The van der Waals surface area contributed by atoms with Crippen molar-refractivity contribution in [2.45, 2.75) is 38.5 Å². The van der Waals surface area contributed by atoms with Gasteiger partial charge in [-0.2, -0.15) is 5.10 Å². The summed E-state index contributed by atoms with van der Waals surface area (Å²) >= 11 is 0. The van der Waals surface area contributed by atoms with Gasteiger partial charge in [0.2, 0.25) is 5.91 Å². The Balaban J connectivity index is 1.57. The second kappa shape index (κ2) is 7.51. The van der Waals surface area contributed by atoms with Crippen molar-refractivity contribution in [2.75, 3.05) is 13.1 Å². The van der Waals surface area contributed by atoms with Gasteiger partial charge in [-0.1, -0.05) is 29.8 Å². The number of carbonyl (C=O) groups excluding carboxylic acids is 2. The molecule has 1 aliphatic rings. The van der Waals surface area contributed by atoms with Gasteiger partial charge in [0.1, 0.15) is 5.69 Å². The van der Waals surface area contributed by atoms with Crippen LogP contribution in [-0.2, 0) is 11.2 Å². The van der Waals surface area contributed by atoms with Gasteiger partial charge in [-0.25, -0.2) is 0 Å². The predicted molar refractivity (Wildman–Crippen MR) is 95.2 cm³/mol. The first-order chi connectivity index (χ1) is 12.0. The number of hydrogen-bond acceptors (Lipinski definition) is 3. The molecule has 1 fully saturated rings. The van der Waals surface area contributed by atoms with Gasteiger partial charge in [0.15, 0.2) is 0 Å². The molecule has 2 aromatic rings. The van der Waals surface area contributed by atoms with Crippen LogP contribution in [0, 0.1) is 6.92 Å². The van der Waals surface area contributed by atoms with Crippen LogP contribution in [0.1, 0.15) is 52.5 Å². The summed E-state index contributed by atoms with van der Waals surface area (Å²) in [7, 11) is 0. The molecule has 25 heavy (non-hydrogen) atoms. The van der Waals surface area contributed by atoms with Crippen molar-refractivity contribution in [2.24, 2.45) is 5.73 Å². The SMILES string of the molecule is Cc1ccc(CCC(=O)N2CCC[C@@H](c3cc(C(N)=O)n[nH]3)C2)cc1. The first-order valence-electron chi connectivity index (χ1n) is 8.71. The highest BCUT2D eigenvalue weighted by atomic mass is 16.2. The lowest BCUT2D eigenvalue weighted by Gasteiger charge is -2.32. The molecular formula is C19H24N4O2. The highest BCUT2D eigenvalue weighted by Crippen LogP contribution is 2.26. The molecule has 0 spiro atoms. The van der Waals surface area contributed by atoms with E-state index in [0.717, 1.165) is 31.5 Å². The number of carbonyl (C=O) groups is 2. The molecule has 0 radical (unpaired) electrons. The number of nitrogens with two attached hydrogens (primary N) is 1. The van der Waals surface area contributed by atoms with Crippen LogP contribution in [0.15, 0.2) is 30.3 Å². The topological polar surface area (TPSA) is 92.1 Å². The predicted octanol–water partition coefficient (Wildman–Crippen LogP) is 2.16. The maximum absolute atomic E-state index is 12.6. The summed E-state index contributed by atoms with van der Waals surface area (Å²) in [6.07, 6.45) is 3.20. The zero-order chi connectivity index (χ0) is 17.8. The molecule has 1 aromatic heterocycles. The van der Waals surface area contributed by atoms with Gasteiger partial charge >= 0.3 is 0 Å². The molecule has 3 rings (SSSR count). The van der Waals surface area contributed by atoms with E-state index in [1.165, 1.54) is 11.1 Å². The lowest BCUT2D eigenvalue weighted by Crippen LogP contribution is -2.39. The normalized spacial score (nSPS) is 17.5. The van der Waals surface area contributed by atoms with Crippen LogP contribution in [0.5, 0.6) is 0 Å². The van der Waals surface area contributed by atoms with E-state index in [0.29, 0.717) is 13.0 Å². The largest absolute Gasteiger partial charge is 0.364 e. The van der Waals surface area contributed by atoms with Crippen molar-refractivity contribution < 1.29 is 9.59 Å². The maximum Gasteiger partial charge on any atom is 0.269 e. The van der Waals surface area contributed by atoms with Gasteiger partial charge in [0.25, 0.3) is 5.91 Å². The number of likely N-dealkylation sites (tertiary alicyclic amines) is 1. The van der Waals surface area contributed by atoms with Gasteiger partial charge in [-0.15, -0.1) is 0 Å². The molecule has 0 bridgehead atoms. The highest BCUT2D eigenvalue weighted by Gasteiger charge is 2.26.